The summed E-state index contributed by atoms with van der Waals surface area (Å²) < 4.78 is 6.01. The molecular weight excluding hydrogens is 436 g/mol. The molecule has 1 N–H and O–H groups in total. The molecule has 0 unspecified atom stereocenters. The molecule has 1 aliphatic rings. The summed E-state index contributed by atoms with van der Waals surface area (Å²) in [6.45, 7) is 4.20. The van der Waals surface area contributed by atoms with E-state index >= 15 is 0 Å². The average molecular weight is 460 g/mol. The van der Waals surface area contributed by atoms with Gasteiger partial charge in [0.25, 0.3) is 17.5 Å². The summed E-state index contributed by atoms with van der Waals surface area (Å²) in [6, 6.07) is 14.8. The van der Waals surface area contributed by atoms with Crippen LogP contribution in [-0.2, 0) is 6.42 Å². The molecule has 9 heteroatoms. The molecule has 0 atom stereocenters. The quantitative estimate of drug-likeness (QED) is 0.425. The summed E-state index contributed by atoms with van der Waals surface area (Å²) >= 11 is 0. The van der Waals surface area contributed by atoms with Gasteiger partial charge in [0.1, 0.15) is 5.76 Å². The topological polar surface area (TPSA) is 118 Å². The smallest absolute Gasteiger partial charge is 0.294 e. The number of furan rings is 1. The third kappa shape index (κ3) is 4.45. The lowest BCUT2D eigenvalue weighted by atomic mass is 9.93. The zero-order valence-corrected chi connectivity index (χ0v) is 18.9. The number of non-ortho nitro benzene ring substituents is 1. The lowest BCUT2D eigenvalue weighted by Crippen LogP contribution is -2.30. The van der Waals surface area contributed by atoms with E-state index in [0.29, 0.717) is 36.4 Å². The van der Waals surface area contributed by atoms with Crippen LogP contribution in [0.15, 0.2) is 64.1 Å². The molecule has 4 rings (SSSR count). The highest BCUT2D eigenvalue weighted by Gasteiger charge is 2.30. The van der Waals surface area contributed by atoms with E-state index in [4.69, 9.17) is 4.42 Å². The summed E-state index contributed by atoms with van der Waals surface area (Å²) in [4.78, 5) is 37.9. The summed E-state index contributed by atoms with van der Waals surface area (Å²) in [5, 5.41) is 15.3. The minimum atomic E-state index is -0.557. The van der Waals surface area contributed by atoms with Crippen LogP contribution in [0, 0.1) is 17.0 Å². The van der Waals surface area contributed by atoms with Gasteiger partial charge in [-0.1, -0.05) is 24.3 Å². The molecule has 0 aliphatic heterocycles. The Hall–Kier alpha value is -4.27. The van der Waals surface area contributed by atoms with Crippen LogP contribution in [0.2, 0.25) is 0 Å². The number of hydrogen-bond donors (Lipinski definition) is 1. The SMILES string of the molecule is CCN(C(=O)c1oc2c(c1C)/C(=N/NC(=O)c1cccc([N+](=O)[O-])c1)CCC2)c1ccccc1. The number of hydrazone groups is 1. The van der Waals surface area contributed by atoms with Gasteiger partial charge in [0.2, 0.25) is 0 Å². The van der Waals surface area contributed by atoms with Crippen molar-refractivity contribution in [2.75, 3.05) is 11.4 Å². The molecule has 0 fully saturated rings. The Bertz CT molecular complexity index is 1280. The highest BCUT2D eigenvalue weighted by molar-refractivity contribution is 6.10. The fraction of sp³-hybridized carbons (Fsp3) is 0.240. The van der Waals surface area contributed by atoms with Crippen molar-refractivity contribution >= 4 is 28.9 Å². The molecule has 1 heterocycles. The Kier molecular flexibility index (Phi) is 6.53. The summed E-state index contributed by atoms with van der Waals surface area (Å²) in [5.74, 6) is 0.137. The molecule has 0 spiro atoms. The molecule has 1 aliphatic carbocycles. The minimum Gasteiger partial charge on any atom is -0.455 e. The number of nitro groups is 1. The van der Waals surface area contributed by atoms with Gasteiger partial charge in [-0.3, -0.25) is 19.7 Å². The van der Waals surface area contributed by atoms with Gasteiger partial charge in [0.05, 0.1) is 10.6 Å². The van der Waals surface area contributed by atoms with Gasteiger partial charge in [-0.2, -0.15) is 5.10 Å². The normalized spacial score (nSPS) is 13.9. The van der Waals surface area contributed by atoms with Crippen molar-refractivity contribution in [1.29, 1.82) is 0 Å². The van der Waals surface area contributed by atoms with E-state index in [-0.39, 0.29) is 22.9 Å². The van der Waals surface area contributed by atoms with Crippen molar-refractivity contribution in [1.82, 2.24) is 5.43 Å². The fourth-order valence-electron chi connectivity index (χ4n) is 4.10. The Morgan fingerprint density at radius 3 is 2.62 bits per heavy atom. The number of carbonyl (C=O) groups excluding carboxylic acids is 2. The number of aryl methyl sites for hydroxylation is 1. The number of rotatable bonds is 6. The van der Waals surface area contributed by atoms with E-state index in [9.17, 15) is 19.7 Å². The van der Waals surface area contributed by atoms with Crippen molar-refractivity contribution in [2.45, 2.75) is 33.1 Å². The van der Waals surface area contributed by atoms with Crippen LogP contribution in [0.5, 0.6) is 0 Å². The maximum absolute atomic E-state index is 13.3. The van der Waals surface area contributed by atoms with Crippen molar-refractivity contribution in [3.8, 4) is 0 Å². The maximum Gasteiger partial charge on any atom is 0.294 e. The number of amides is 2. The van der Waals surface area contributed by atoms with Crippen LogP contribution in [-0.4, -0.2) is 29.0 Å². The Morgan fingerprint density at radius 2 is 1.91 bits per heavy atom. The van der Waals surface area contributed by atoms with Gasteiger partial charge in [-0.25, -0.2) is 5.43 Å². The van der Waals surface area contributed by atoms with E-state index in [2.05, 4.69) is 10.5 Å². The molecule has 0 saturated heterocycles. The van der Waals surface area contributed by atoms with E-state index in [1.165, 1.54) is 24.3 Å². The molecule has 2 amide bonds. The highest BCUT2D eigenvalue weighted by atomic mass is 16.6. The maximum atomic E-state index is 13.3. The molecule has 9 nitrogen and oxygen atoms in total. The van der Waals surface area contributed by atoms with Gasteiger partial charge in [-0.15, -0.1) is 0 Å². The van der Waals surface area contributed by atoms with Crippen molar-refractivity contribution in [3.05, 3.63) is 92.9 Å². The van der Waals surface area contributed by atoms with Crippen LogP contribution < -0.4 is 10.3 Å². The fourth-order valence-corrected chi connectivity index (χ4v) is 4.10. The van der Waals surface area contributed by atoms with Gasteiger partial charge in [-0.05, 0) is 44.9 Å². The van der Waals surface area contributed by atoms with Crippen LogP contribution in [0.4, 0.5) is 11.4 Å². The Labute approximate surface area is 196 Å². The van der Waals surface area contributed by atoms with E-state index < -0.39 is 10.8 Å². The first-order valence-corrected chi connectivity index (χ1v) is 11.0. The van der Waals surface area contributed by atoms with Crippen LogP contribution >= 0.6 is 0 Å². The number of fused-ring (bicyclic) bond motifs is 1. The zero-order chi connectivity index (χ0) is 24.2. The van der Waals surface area contributed by atoms with Gasteiger partial charge in [0.15, 0.2) is 5.76 Å². The second-order valence-corrected chi connectivity index (χ2v) is 7.90. The van der Waals surface area contributed by atoms with E-state index in [0.717, 1.165) is 17.7 Å². The number of hydrogen-bond acceptors (Lipinski definition) is 6. The molecule has 3 aromatic rings. The first kappa shape index (κ1) is 22.9. The Balaban J connectivity index is 1.61. The number of nitrogens with one attached hydrogen (secondary N) is 1. The summed E-state index contributed by atoms with van der Waals surface area (Å²) in [6.07, 6.45) is 2.03. The monoisotopic (exact) mass is 460 g/mol. The minimum absolute atomic E-state index is 0.135. The summed E-state index contributed by atoms with van der Waals surface area (Å²) in [7, 11) is 0. The number of carbonyl (C=O) groups is 2. The second kappa shape index (κ2) is 9.70. The summed E-state index contributed by atoms with van der Waals surface area (Å²) in [5.41, 5.74) is 5.26. The van der Waals surface area contributed by atoms with Crippen LogP contribution in [0.3, 0.4) is 0 Å². The van der Waals surface area contributed by atoms with Crippen LogP contribution in [0.1, 0.15) is 57.6 Å². The highest BCUT2D eigenvalue weighted by Crippen LogP contribution is 2.31. The zero-order valence-electron chi connectivity index (χ0n) is 18.9. The lowest BCUT2D eigenvalue weighted by molar-refractivity contribution is -0.384. The second-order valence-electron chi connectivity index (χ2n) is 7.90. The first-order chi connectivity index (χ1) is 16.4. The van der Waals surface area contributed by atoms with Gasteiger partial charge < -0.3 is 9.32 Å². The average Bonchev–Trinajstić information content (AvgIpc) is 3.20. The third-order valence-corrected chi connectivity index (χ3v) is 5.76. The lowest BCUT2D eigenvalue weighted by Gasteiger charge is -2.20. The van der Waals surface area contributed by atoms with Crippen LogP contribution in [0.25, 0.3) is 0 Å². The molecule has 0 bridgehead atoms. The molecule has 34 heavy (non-hydrogen) atoms. The third-order valence-electron chi connectivity index (χ3n) is 5.76. The molecule has 1 aromatic heterocycles. The largest absolute Gasteiger partial charge is 0.455 e. The number of nitro benzene ring substituents is 1. The van der Waals surface area contributed by atoms with E-state index in [1.54, 1.807) is 4.90 Å². The molecular formula is C25H24N4O5. The number of anilines is 1. The first-order valence-electron chi connectivity index (χ1n) is 11.0. The predicted octanol–water partition coefficient (Wildman–Crippen LogP) is 4.63. The number of benzene rings is 2. The van der Waals surface area contributed by atoms with Crippen molar-refractivity contribution in [2.24, 2.45) is 5.10 Å². The molecule has 174 valence electrons. The number of para-hydroxylation sites is 1. The molecule has 0 saturated carbocycles. The number of nitrogens with zero attached hydrogens (tertiary/aromatic N) is 3. The van der Waals surface area contributed by atoms with Gasteiger partial charge in [0, 0.05) is 47.5 Å². The molecule has 2 aromatic carbocycles. The van der Waals surface area contributed by atoms with E-state index in [1.807, 2.05) is 44.2 Å². The van der Waals surface area contributed by atoms with Crippen molar-refractivity contribution in [3.63, 3.8) is 0 Å². The standard InChI is InChI=1S/C25H24N4O5/c1-3-28(18-10-5-4-6-11-18)25(31)23-16(2)22-20(13-8-14-21(22)34-23)26-27-24(30)17-9-7-12-19(15-17)29(32)33/h4-7,9-12,15H,3,8,13-14H2,1-2H3,(H,27,30)/b26-20+. The predicted molar refractivity (Wildman–Crippen MR) is 127 cm³/mol. The molecule has 0 radical (unpaired) electrons. The Morgan fingerprint density at radius 1 is 1.15 bits per heavy atom. The van der Waals surface area contributed by atoms with Gasteiger partial charge >= 0.3 is 0 Å². The van der Waals surface area contributed by atoms with Crippen molar-refractivity contribution < 1.29 is 18.9 Å².